The zero-order valence-corrected chi connectivity index (χ0v) is 9.10. The molecule has 2 rings (SSSR count). The second-order valence-corrected chi connectivity index (χ2v) is 5.23. The molecule has 0 aliphatic carbocycles. The molecule has 0 aromatic heterocycles. The van der Waals surface area contributed by atoms with Crippen LogP contribution < -0.4 is 10.6 Å². The van der Waals surface area contributed by atoms with Crippen molar-refractivity contribution >= 4 is 22.2 Å². The Morgan fingerprint density at radius 1 is 1.33 bits per heavy atom. The third kappa shape index (κ3) is 2.28. The summed E-state index contributed by atoms with van der Waals surface area (Å²) >= 11 is 0. The van der Waals surface area contributed by atoms with E-state index in [-0.39, 0.29) is 5.82 Å². The maximum absolute atomic E-state index is 12.8. The topological polar surface area (TPSA) is 46.3 Å². The summed E-state index contributed by atoms with van der Waals surface area (Å²) in [6, 6.07) is 4.40. The van der Waals surface area contributed by atoms with E-state index in [0.29, 0.717) is 17.2 Å². The van der Waals surface area contributed by atoms with Gasteiger partial charge >= 0.3 is 0 Å². The molecule has 82 valence electrons. The van der Waals surface area contributed by atoms with Crippen LogP contribution in [0.25, 0.3) is 0 Å². The number of hydrogen-bond acceptors (Lipinski definition) is 3. The normalized spacial score (nSPS) is 18.1. The Morgan fingerprint density at radius 3 is 2.60 bits per heavy atom. The molecule has 0 radical (unpaired) electrons. The van der Waals surface area contributed by atoms with Crippen LogP contribution in [0.15, 0.2) is 18.2 Å². The van der Waals surface area contributed by atoms with Crippen LogP contribution in [-0.4, -0.2) is 28.8 Å². The maximum atomic E-state index is 12.8. The predicted molar refractivity (Wildman–Crippen MR) is 60.9 cm³/mol. The van der Waals surface area contributed by atoms with Crippen LogP contribution in [0.1, 0.15) is 0 Å². The van der Waals surface area contributed by atoms with Gasteiger partial charge in [-0.25, -0.2) is 4.39 Å². The minimum atomic E-state index is -0.702. The zero-order valence-electron chi connectivity index (χ0n) is 8.28. The van der Waals surface area contributed by atoms with E-state index in [1.54, 1.807) is 6.07 Å². The minimum absolute atomic E-state index is 0.322. The van der Waals surface area contributed by atoms with Gasteiger partial charge in [-0.3, -0.25) is 4.21 Å². The monoisotopic (exact) mass is 228 g/mol. The summed E-state index contributed by atoms with van der Waals surface area (Å²) in [6.07, 6.45) is 0. The quantitative estimate of drug-likeness (QED) is 0.729. The first-order valence-electron chi connectivity index (χ1n) is 4.82. The van der Waals surface area contributed by atoms with Crippen LogP contribution in [0.3, 0.4) is 0 Å². The number of nitrogen functional groups attached to an aromatic ring is 1. The number of hydrogen-bond donors (Lipinski definition) is 1. The van der Waals surface area contributed by atoms with E-state index in [0.717, 1.165) is 18.8 Å². The SMILES string of the molecule is Nc1cc(F)ccc1N1CCS(=O)CC1. The first-order valence-corrected chi connectivity index (χ1v) is 6.30. The van der Waals surface area contributed by atoms with Crippen molar-refractivity contribution in [2.45, 2.75) is 0 Å². The Bertz CT molecular complexity index is 387. The molecule has 0 amide bonds. The molecule has 1 aromatic carbocycles. The Labute approximate surface area is 90.5 Å². The van der Waals surface area contributed by atoms with Gasteiger partial charge in [0, 0.05) is 35.4 Å². The molecule has 0 unspecified atom stereocenters. The van der Waals surface area contributed by atoms with Gasteiger partial charge in [-0.1, -0.05) is 0 Å². The van der Waals surface area contributed by atoms with Gasteiger partial charge in [-0.05, 0) is 18.2 Å². The summed E-state index contributed by atoms with van der Waals surface area (Å²) in [7, 11) is -0.702. The number of rotatable bonds is 1. The van der Waals surface area contributed by atoms with Crippen molar-refractivity contribution in [1.82, 2.24) is 0 Å². The van der Waals surface area contributed by atoms with Crippen molar-refractivity contribution in [2.24, 2.45) is 0 Å². The van der Waals surface area contributed by atoms with Gasteiger partial charge < -0.3 is 10.6 Å². The van der Waals surface area contributed by atoms with Crippen molar-refractivity contribution in [3.05, 3.63) is 24.0 Å². The molecule has 1 aliphatic heterocycles. The van der Waals surface area contributed by atoms with Crippen LogP contribution in [-0.2, 0) is 10.8 Å². The van der Waals surface area contributed by atoms with Crippen molar-refractivity contribution in [1.29, 1.82) is 0 Å². The van der Waals surface area contributed by atoms with Crippen molar-refractivity contribution in [3.8, 4) is 0 Å². The molecule has 2 N–H and O–H groups in total. The largest absolute Gasteiger partial charge is 0.397 e. The summed E-state index contributed by atoms with van der Waals surface area (Å²) in [5, 5.41) is 0. The standard InChI is InChI=1S/C10H13FN2OS/c11-8-1-2-10(9(12)7-8)13-3-5-15(14)6-4-13/h1-2,7H,3-6,12H2. The van der Waals surface area contributed by atoms with Crippen molar-refractivity contribution in [2.75, 3.05) is 35.2 Å². The Kier molecular flexibility index (Phi) is 2.90. The first-order chi connectivity index (χ1) is 7.16. The first kappa shape index (κ1) is 10.4. The van der Waals surface area contributed by atoms with E-state index in [4.69, 9.17) is 5.73 Å². The van der Waals surface area contributed by atoms with E-state index in [1.807, 2.05) is 0 Å². The van der Waals surface area contributed by atoms with Crippen LogP contribution in [0.4, 0.5) is 15.8 Å². The van der Waals surface area contributed by atoms with E-state index < -0.39 is 10.8 Å². The summed E-state index contributed by atoms with van der Waals surface area (Å²) in [6.45, 7) is 1.45. The van der Waals surface area contributed by atoms with E-state index in [1.165, 1.54) is 12.1 Å². The van der Waals surface area contributed by atoms with Gasteiger partial charge in [0.05, 0.1) is 11.4 Å². The lowest BCUT2D eigenvalue weighted by Crippen LogP contribution is -2.38. The zero-order chi connectivity index (χ0) is 10.8. The van der Waals surface area contributed by atoms with E-state index in [9.17, 15) is 8.60 Å². The third-order valence-corrected chi connectivity index (χ3v) is 3.78. The Hall–Kier alpha value is -1.10. The van der Waals surface area contributed by atoms with Gasteiger partial charge in [0.25, 0.3) is 0 Å². The molecule has 0 bridgehead atoms. The smallest absolute Gasteiger partial charge is 0.125 e. The highest BCUT2D eigenvalue weighted by Gasteiger charge is 2.17. The molecule has 1 aliphatic rings. The predicted octanol–water partition coefficient (Wildman–Crippen LogP) is 0.977. The molecule has 0 saturated carbocycles. The maximum Gasteiger partial charge on any atom is 0.125 e. The highest BCUT2D eigenvalue weighted by molar-refractivity contribution is 7.85. The molecule has 1 heterocycles. The summed E-state index contributed by atoms with van der Waals surface area (Å²) in [4.78, 5) is 2.05. The van der Waals surface area contributed by atoms with Gasteiger partial charge in [-0.15, -0.1) is 0 Å². The molecule has 5 heteroatoms. The van der Waals surface area contributed by atoms with E-state index >= 15 is 0 Å². The fourth-order valence-corrected chi connectivity index (χ4v) is 2.74. The number of anilines is 2. The summed E-state index contributed by atoms with van der Waals surface area (Å²) in [5.41, 5.74) is 7.02. The number of nitrogens with two attached hydrogens (primary N) is 1. The average molecular weight is 228 g/mol. The van der Waals surface area contributed by atoms with Gasteiger partial charge in [0.2, 0.25) is 0 Å². The number of benzene rings is 1. The molecule has 1 aromatic rings. The summed E-state index contributed by atoms with van der Waals surface area (Å²) in [5.74, 6) is 1.00. The third-order valence-electron chi connectivity index (χ3n) is 2.51. The van der Waals surface area contributed by atoms with E-state index in [2.05, 4.69) is 4.90 Å². The molecule has 1 fully saturated rings. The van der Waals surface area contributed by atoms with Crippen LogP contribution >= 0.6 is 0 Å². The van der Waals surface area contributed by atoms with Crippen molar-refractivity contribution in [3.63, 3.8) is 0 Å². The lowest BCUT2D eigenvalue weighted by molar-refractivity contribution is 0.628. The Morgan fingerprint density at radius 2 is 2.00 bits per heavy atom. The molecule has 3 nitrogen and oxygen atoms in total. The second kappa shape index (κ2) is 4.18. The lowest BCUT2D eigenvalue weighted by atomic mass is 10.2. The van der Waals surface area contributed by atoms with Crippen LogP contribution in [0.5, 0.6) is 0 Å². The fraction of sp³-hybridized carbons (Fsp3) is 0.400. The van der Waals surface area contributed by atoms with Gasteiger partial charge in [0.1, 0.15) is 5.82 Å². The molecule has 0 atom stereocenters. The van der Waals surface area contributed by atoms with Gasteiger partial charge in [0.15, 0.2) is 0 Å². The summed E-state index contributed by atoms with van der Waals surface area (Å²) < 4.78 is 24.0. The highest BCUT2D eigenvalue weighted by atomic mass is 32.2. The second-order valence-electron chi connectivity index (χ2n) is 3.54. The van der Waals surface area contributed by atoms with Crippen LogP contribution in [0, 0.1) is 5.82 Å². The lowest BCUT2D eigenvalue weighted by Gasteiger charge is -2.29. The molecule has 1 saturated heterocycles. The van der Waals surface area contributed by atoms with Crippen LogP contribution in [0.2, 0.25) is 0 Å². The van der Waals surface area contributed by atoms with Crippen molar-refractivity contribution < 1.29 is 8.60 Å². The number of halogens is 1. The fourth-order valence-electron chi connectivity index (χ4n) is 1.69. The average Bonchev–Trinajstić information content (AvgIpc) is 2.20. The van der Waals surface area contributed by atoms with Gasteiger partial charge in [-0.2, -0.15) is 0 Å². The minimum Gasteiger partial charge on any atom is -0.397 e. The Balaban J connectivity index is 2.19. The molecular weight excluding hydrogens is 215 g/mol. The molecular formula is C10H13FN2OS. The molecule has 15 heavy (non-hydrogen) atoms. The molecule has 0 spiro atoms. The highest BCUT2D eigenvalue weighted by Crippen LogP contribution is 2.24. The number of nitrogens with zero attached hydrogens (tertiary/aromatic N) is 1.